The Morgan fingerprint density at radius 1 is 1.29 bits per heavy atom. The molecule has 2 aromatic carbocycles. The minimum absolute atomic E-state index is 0.166. The Labute approximate surface area is 124 Å². The first kappa shape index (κ1) is 13.7. The molecular weight excluding hydrogens is 262 g/mol. The third kappa shape index (κ3) is 2.77. The number of benzene rings is 2. The Morgan fingerprint density at radius 2 is 2.10 bits per heavy atom. The van der Waals surface area contributed by atoms with Gasteiger partial charge in [-0.15, -0.1) is 0 Å². The molecule has 1 heterocycles. The van der Waals surface area contributed by atoms with Crippen molar-refractivity contribution in [1.82, 2.24) is 0 Å². The van der Waals surface area contributed by atoms with E-state index in [0.717, 1.165) is 34.5 Å². The first-order chi connectivity index (χ1) is 10.1. The molecule has 0 saturated heterocycles. The maximum Gasteiger partial charge on any atom is 0.163 e. The van der Waals surface area contributed by atoms with Crippen LogP contribution in [0.15, 0.2) is 42.5 Å². The van der Waals surface area contributed by atoms with Crippen LogP contribution in [0.2, 0.25) is 0 Å². The number of nitrogens with two attached hydrogens (primary N) is 1. The molecule has 3 rings (SSSR count). The Morgan fingerprint density at radius 3 is 2.90 bits per heavy atom. The molecule has 1 aliphatic heterocycles. The van der Waals surface area contributed by atoms with Gasteiger partial charge in [-0.3, -0.25) is 4.79 Å². The molecule has 0 radical (unpaired) electrons. The van der Waals surface area contributed by atoms with Crippen molar-refractivity contribution >= 4 is 11.5 Å². The second-order valence-corrected chi connectivity index (χ2v) is 5.57. The number of ether oxygens (including phenoxy) is 1. The first-order valence-electron chi connectivity index (χ1n) is 7.26. The fourth-order valence-corrected chi connectivity index (χ4v) is 2.82. The molecule has 0 spiro atoms. The zero-order valence-corrected chi connectivity index (χ0v) is 12.1. The van der Waals surface area contributed by atoms with Crippen LogP contribution in [0.4, 0.5) is 5.69 Å². The molecule has 1 unspecified atom stereocenters. The summed E-state index contributed by atoms with van der Waals surface area (Å²) in [6.07, 6.45) is 1.40. The number of carbonyl (C=O) groups excluding carboxylic acids is 1. The fourth-order valence-electron chi connectivity index (χ4n) is 2.82. The summed E-state index contributed by atoms with van der Waals surface area (Å²) in [7, 11) is 0. The summed E-state index contributed by atoms with van der Waals surface area (Å²) in [6, 6.07) is 13.5. The number of carbonyl (C=O) groups is 1. The molecule has 0 amide bonds. The Kier molecular flexibility index (Phi) is 3.65. The lowest BCUT2D eigenvalue weighted by Gasteiger charge is -2.25. The lowest BCUT2D eigenvalue weighted by Crippen LogP contribution is -2.17. The summed E-state index contributed by atoms with van der Waals surface area (Å²) in [5.41, 5.74) is 9.37. The van der Waals surface area contributed by atoms with Gasteiger partial charge in [0.1, 0.15) is 5.75 Å². The van der Waals surface area contributed by atoms with Gasteiger partial charge in [-0.1, -0.05) is 18.2 Å². The summed E-state index contributed by atoms with van der Waals surface area (Å²) in [4.78, 5) is 12.5. The summed E-state index contributed by atoms with van der Waals surface area (Å²) in [5, 5.41) is 0. The van der Waals surface area contributed by atoms with Gasteiger partial charge in [0, 0.05) is 17.7 Å². The third-order valence-electron chi connectivity index (χ3n) is 4.11. The number of para-hydroxylation sites is 1. The summed E-state index contributed by atoms with van der Waals surface area (Å²) >= 11 is 0. The van der Waals surface area contributed by atoms with Crippen LogP contribution in [0.5, 0.6) is 5.75 Å². The van der Waals surface area contributed by atoms with Crippen LogP contribution in [0, 0.1) is 6.92 Å². The predicted octanol–water partition coefficient (Wildman–Crippen LogP) is 3.72. The van der Waals surface area contributed by atoms with E-state index in [1.165, 1.54) is 0 Å². The molecule has 0 aliphatic carbocycles. The van der Waals surface area contributed by atoms with E-state index in [1.54, 1.807) is 6.07 Å². The van der Waals surface area contributed by atoms with Crippen LogP contribution < -0.4 is 10.5 Å². The van der Waals surface area contributed by atoms with Gasteiger partial charge in [0.2, 0.25) is 0 Å². The van der Waals surface area contributed by atoms with Gasteiger partial charge in [0.05, 0.1) is 6.61 Å². The summed E-state index contributed by atoms with van der Waals surface area (Å²) < 4.78 is 5.65. The van der Waals surface area contributed by atoms with E-state index in [0.29, 0.717) is 13.0 Å². The lowest BCUT2D eigenvalue weighted by molar-refractivity contribution is 0.0966. The molecule has 0 fully saturated rings. The van der Waals surface area contributed by atoms with Crippen molar-refractivity contribution in [2.75, 3.05) is 12.3 Å². The van der Waals surface area contributed by atoms with E-state index in [-0.39, 0.29) is 11.7 Å². The molecular formula is C18H19NO2. The number of rotatable bonds is 3. The monoisotopic (exact) mass is 281 g/mol. The average Bonchev–Trinajstić information content (AvgIpc) is 2.50. The van der Waals surface area contributed by atoms with Gasteiger partial charge in [0.15, 0.2) is 5.78 Å². The van der Waals surface area contributed by atoms with Crippen LogP contribution in [0.1, 0.15) is 40.2 Å². The van der Waals surface area contributed by atoms with Crippen molar-refractivity contribution in [1.29, 1.82) is 0 Å². The van der Waals surface area contributed by atoms with E-state index >= 15 is 0 Å². The standard InChI is InChI=1S/C18H19NO2/c1-12-10-14(6-7-16(12)19)17(20)11-13-8-9-21-18-5-3-2-4-15(13)18/h2-7,10,13H,8-9,11,19H2,1H3. The fraction of sp³-hybridized carbons (Fsp3) is 0.278. The van der Waals surface area contributed by atoms with Crippen molar-refractivity contribution < 1.29 is 9.53 Å². The Balaban J connectivity index is 1.81. The molecule has 108 valence electrons. The number of ketones is 1. The van der Waals surface area contributed by atoms with Crippen molar-refractivity contribution in [3.05, 3.63) is 59.2 Å². The zero-order valence-electron chi connectivity index (χ0n) is 12.1. The lowest BCUT2D eigenvalue weighted by atomic mass is 9.87. The van der Waals surface area contributed by atoms with Crippen molar-refractivity contribution in [2.24, 2.45) is 0 Å². The number of Topliss-reactive ketones (excluding diaryl/α,β-unsaturated/α-hetero) is 1. The van der Waals surface area contributed by atoms with E-state index in [9.17, 15) is 4.79 Å². The van der Waals surface area contributed by atoms with Crippen molar-refractivity contribution in [2.45, 2.75) is 25.7 Å². The molecule has 0 aromatic heterocycles. The van der Waals surface area contributed by atoms with Crippen LogP contribution >= 0.6 is 0 Å². The van der Waals surface area contributed by atoms with E-state index in [2.05, 4.69) is 6.07 Å². The average molecular weight is 281 g/mol. The maximum atomic E-state index is 12.5. The highest BCUT2D eigenvalue weighted by molar-refractivity contribution is 5.97. The normalized spacial score (nSPS) is 16.9. The van der Waals surface area contributed by atoms with Gasteiger partial charge >= 0.3 is 0 Å². The van der Waals surface area contributed by atoms with Gasteiger partial charge in [-0.25, -0.2) is 0 Å². The van der Waals surface area contributed by atoms with E-state index < -0.39 is 0 Å². The third-order valence-corrected chi connectivity index (χ3v) is 4.11. The number of nitrogen functional groups attached to an aromatic ring is 1. The SMILES string of the molecule is Cc1cc(C(=O)CC2CCOc3ccccc32)ccc1N. The summed E-state index contributed by atoms with van der Waals surface area (Å²) in [6.45, 7) is 2.60. The number of aryl methyl sites for hydroxylation is 1. The quantitative estimate of drug-likeness (QED) is 0.689. The zero-order chi connectivity index (χ0) is 14.8. The van der Waals surface area contributed by atoms with Crippen molar-refractivity contribution in [3.8, 4) is 5.75 Å². The highest BCUT2D eigenvalue weighted by atomic mass is 16.5. The molecule has 2 N–H and O–H groups in total. The highest BCUT2D eigenvalue weighted by Crippen LogP contribution is 2.36. The molecule has 3 heteroatoms. The Hall–Kier alpha value is -2.29. The number of anilines is 1. The second-order valence-electron chi connectivity index (χ2n) is 5.57. The molecule has 3 nitrogen and oxygen atoms in total. The number of hydrogen-bond donors (Lipinski definition) is 1. The van der Waals surface area contributed by atoms with Crippen LogP contribution in [-0.4, -0.2) is 12.4 Å². The van der Waals surface area contributed by atoms with Crippen LogP contribution in [0.3, 0.4) is 0 Å². The maximum absolute atomic E-state index is 12.5. The molecule has 0 saturated carbocycles. The largest absolute Gasteiger partial charge is 0.493 e. The number of hydrogen-bond acceptors (Lipinski definition) is 3. The van der Waals surface area contributed by atoms with E-state index in [4.69, 9.17) is 10.5 Å². The highest BCUT2D eigenvalue weighted by Gasteiger charge is 2.24. The number of fused-ring (bicyclic) bond motifs is 1. The minimum Gasteiger partial charge on any atom is -0.493 e. The second kappa shape index (κ2) is 5.60. The van der Waals surface area contributed by atoms with Gasteiger partial charge in [0.25, 0.3) is 0 Å². The predicted molar refractivity (Wildman–Crippen MR) is 83.8 cm³/mol. The molecule has 1 aliphatic rings. The molecule has 1 atom stereocenters. The van der Waals surface area contributed by atoms with Crippen LogP contribution in [-0.2, 0) is 0 Å². The summed E-state index contributed by atoms with van der Waals surface area (Å²) in [5.74, 6) is 1.31. The molecule has 2 aromatic rings. The van der Waals surface area contributed by atoms with Crippen molar-refractivity contribution in [3.63, 3.8) is 0 Å². The molecule has 0 bridgehead atoms. The van der Waals surface area contributed by atoms with Gasteiger partial charge in [-0.2, -0.15) is 0 Å². The Bertz CT molecular complexity index is 679. The van der Waals surface area contributed by atoms with Gasteiger partial charge in [-0.05, 0) is 54.7 Å². The smallest absolute Gasteiger partial charge is 0.163 e. The van der Waals surface area contributed by atoms with Gasteiger partial charge < -0.3 is 10.5 Å². The van der Waals surface area contributed by atoms with E-state index in [1.807, 2.05) is 37.3 Å². The minimum atomic E-state index is 0.166. The topological polar surface area (TPSA) is 52.3 Å². The first-order valence-corrected chi connectivity index (χ1v) is 7.26. The van der Waals surface area contributed by atoms with Crippen LogP contribution in [0.25, 0.3) is 0 Å². The molecule has 21 heavy (non-hydrogen) atoms.